The maximum absolute atomic E-state index is 10.4. The summed E-state index contributed by atoms with van der Waals surface area (Å²) in [6, 6.07) is 4.01. The van der Waals surface area contributed by atoms with Crippen molar-refractivity contribution in [2.45, 2.75) is 13.5 Å². The zero-order chi connectivity index (χ0) is 16.0. The molecule has 114 valence electrons. The summed E-state index contributed by atoms with van der Waals surface area (Å²) in [6.07, 6.45) is 1.19. The normalized spacial score (nSPS) is 9.81. The van der Waals surface area contributed by atoms with Gasteiger partial charge in [-0.2, -0.15) is 0 Å². The van der Waals surface area contributed by atoms with E-state index in [-0.39, 0.29) is 30.5 Å². The van der Waals surface area contributed by atoms with Crippen molar-refractivity contribution in [3.05, 3.63) is 40.3 Å². The number of aryl methyl sites for hydroxylation is 1. The van der Waals surface area contributed by atoms with Crippen molar-refractivity contribution in [1.29, 1.82) is 0 Å². The van der Waals surface area contributed by atoms with Gasteiger partial charge in [0.2, 0.25) is 0 Å². The molecule has 2 aromatic rings. The fraction of sp³-hybridized carbons (Fsp3) is 0.250. The number of phenols is 3. The molecule has 0 spiro atoms. The standard InChI is InChI=1S/C6H9N3O3.C6H6O3/c1-5-7-4-6(9(11)12)8(5)2-3-10;7-4-2-1-3-5(8)6(4)9/h4,10H,2-3H2,1H3;1-3,7-9H. The van der Waals surface area contributed by atoms with Crippen molar-refractivity contribution in [3.63, 3.8) is 0 Å². The SMILES string of the molecule is Cc1ncc([N+](=O)[O-])n1CCO.Oc1cccc(O)c1O. The number of aliphatic hydroxyl groups is 1. The minimum Gasteiger partial charge on any atom is -0.504 e. The lowest BCUT2D eigenvalue weighted by Crippen LogP contribution is -2.07. The molecule has 0 aliphatic carbocycles. The van der Waals surface area contributed by atoms with Crippen LogP contribution in [0.4, 0.5) is 5.82 Å². The van der Waals surface area contributed by atoms with Crippen LogP contribution in [0.2, 0.25) is 0 Å². The van der Waals surface area contributed by atoms with Gasteiger partial charge in [0.1, 0.15) is 12.7 Å². The Labute approximate surface area is 119 Å². The molecule has 1 aromatic heterocycles. The number of rotatable bonds is 3. The van der Waals surface area contributed by atoms with Crippen LogP contribution in [-0.2, 0) is 6.54 Å². The first-order valence-electron chi connectivity index (χ1n) is 5.85. The summed E-state index contributed by atoms with van der Waals surface area (Å²) in [6.45, 7) is 1.74. The van der Waals surface area contributed by atoms with Gasteiger partial charge in [0.05, 0.1) is 6.61 Å². The van der Waals surface area contributed by atoms with Crippen LogP contribution in [0.25, 0.3) is 0 Å². The molecular formula is C12H15N3O6. The number of aromatic hydroxyl groups is 3. The van der Waals surface area contributed by atoms with Gasteiger partial charge in [-0.05, 0) is 17.1 Å². The molecule has 0 saturated carbocycles. The van der Waals surface area contributed by atoms with Crippen molar-refractivity contribution in [2.24, 2.45) is 0 Å². The van der Waals surface area contributed by atoms with Crippen molar-refractivity contribution >= 4 is 5.82 Å². The molecule has 0 aliphatic rings. The highest BCUT2D eigenvalue weighted by Gasteiger charge is 2.15. The second-order valence-electron chi connectivity index (χ2n) is 3.94. The number of imidazole rings is 1. The van der Waals surface area contributed by atoms with Crippen LogP contribution in [0.15, 0.2) is 24.4 Å². The van der Waals surface area contributed by atoms with E-state index in [1.165, 1.54) is 29.0 Å². The third-order valence-electron chi connectivity index (χ3n) is 2.54. The molecule has 0 amide bonds. The van der Waals surface area contributed by atoms with Crippen molar-refractivity contribution < 1.29 is 25.3 Å². The highest BCUT2D eigenvalue weighted by atomic mass is 16.6. The van der Waals surface area contributed by atoms with E-state index in [4.69, 9.17) is 20.4 Å². The van der Waals surface area contributed by atoms with Crippen LogP contribution in [-0.4, -0.2) is 41.5 Å². The Hall–Kier alpha value is -2.81. The number of hydrogen-bond donors (Lipinski definition) is 4. The van der Waals surface area contributed by atoms with Crippen LogP contribution in [0.1, 0.15) is 5.82 Å². The molecule has 0 fully saturated rings. The molecule has 0 bridgehead atoms. The van der Waals surface area contributed by atoms with E-state index in [1.54, 1.807) is 6.92 Å². The minimum absolute atomic E-state index is 0.0819. The smallest absolute Gasteiger partial charge is 0.342 e. The summed E-state index contributed by atoms with van der Waals surface area (Å²) in [5.41, 5.74) is 0. The van der Waals surface area contributed by atoms with Crippen molar-refractivity contribution in [1.82, 2.24) is 9.55 Å². The average Bonchev–Trinajstić information content (AvgIpc) is 2.79. The van der Waals surface area contributed by atoms with Crippen LogP contribution < -0.4 is 0 Å². The predicted molar refractivity (Wildman–Crippen MR) is 72.1 cm³/mol. The first-order valence-corrected chi connectivity index (χ1v) is 5.85. The number of para-hydroxylation sites is 1. The number of nitro groups is 1. The van der Waals surface area contributed by atoms with Gasteiger partial charge in [-0.15, -0.1) is 0 Å². The average molecular weight is 297 g/mol. The monoisotopic (exact) mass is 297 g/mol. The Bertz CT molecular complexity index is 605. The lowest BCUT2D eigenvalue weighted by Gasteiger charge is -1.98. The van der Waals surface area contributed by atoms with E-state index in [0.717, 1.165) is 0 Å². The highest BCUT2D eigenvalue weighted by Crippen LogP contribution is 2.32. The van der Waals surface area contributed by atoms with Crippen LogP contribution >= 0.6 is 0 Å². The molecule has 0 atom stereocenters. The third kappa shape index (κ3) is 4.08. The van der Waals surface area contributed by atoms with Gasteiger partial charge in [-0.3, -0.25) is 0 Å². The summed E-state index contributed by atoms with van der Waals surface area (Å²) in [5.74, 6) is -0.639. The third-order valence-corrected chi connectivity index (χ3v) is 2.54. The maximum Gasteiger partial charge on any atom is 0.342 e. The summed E-state index contributed by atoms with van der Waals surface area (Å²) < 4.78 is 1.36. The largest absolute Gasteiger partial charge is 0.504 e. The topological polar surface area (TPSA) is 142 Å². The fourth-order valence-electron chi connectivity index (χ4n) is 1.50. The molecule has 9 heteroatoms. The highest BCUT2D eigenvalue weighted by molar-refractivity contribution is 5.47. The van der Waals surface area contributed by atoms with E-state index in [9.17, 15) is 10.1 Å². The van der Waals surface area contributed by atoms with E-state index >= 15 is 0 Å². The molecular weight excluding hydrogens is 282 g/mol. The van der Waals surface area contributed by atoms with Gasteiger partial charge < -0.3 is 30.5 Å². The maximum atomic E-state index is 10.4. The molecule has 0 saturated heterocycles. The summed E-state index contributed by atoms with van der Waals surface area (Å²) in [4.78, 5) is 13.6. The van der Waals surface area contributed by atoms with E-state index < -0.39 is 10.7 Å². The quantitative estimate of drug-likeness (QED) is 0.374. The zero-order valence-corrected chi connectivity index (χ0v) is 11.2. The van der Waals surface area contributed by atoms with Crippen LogP contribution in [0.5, 0.6) is 17.2 Å². The number of aliphatic hydroxyl groups excluding tert-OH is 1. The van der Waals surface area contributed by atoms with Gasteiger partial charge in [0, 0.05) is 6.92 Å². The molecule has 4 N–H and O–H groups in total. The zero-order valence-electron chi connectivity index (χ0n) is 11.2. The molecule has 1 heterocycles. The van der Waals surface area contributed by atoms with Gasteiger partial charge in [0.25, 0.3) is 0 Å². The summed E-state index contributed by atoms with van der Waals surface area (Å²) in [5, 5.41) is 45.1. The second-order valence-corrected chi connectivity index (χ2v) is 3.94. The first kappa shape index (κ1) is 16.2. The molecule has 0 radical (unpaired) electrons. The van der Waals surface area contributed by atoms with E-state index in [2.05, 4.69) is 4.98 Å². The minimum atomic E-state index is -0.518. The Morgan fingerprint density at radius 2 is 1.86 bits per heavy atom. The van der Waals surface area contributed by atoms with Crippen LogP contribution in [0.3, 0.4) is 0 Å². The van der Waals surface area contributed by atoms with Crippen molar-refractivity contribution in [2.75, 3.05) is 6.61 Å². The van der Waals surface area contributed by atoms with Gasteiger partial charge in [0.15, 0.2) is 23.1 Å². The Morgan fingerprint density at radius 1 is 1.29 bits per heavy atom. The summed E-state index contributed by atoms with van der Waals surface area (Å²) in [7, 11) is 0. The Kier molecular flexibility index (Phi) is 5.49. The number of phenolic OH excluding ortho intramolecular Hbond substituents is 3. The number of nitrogens with zero attached hydrogens (tertiary/aromatic N) is 3. The second kappa shape index (κ2) is 7.10. The lowest BCUT2D eigenvalue weighted by atomic mass is 10.3. The van der Waals surface area contributed by atoms with Gasteiger partial charge >= 0.3 is 5.82 Å². The summed E-state index contributed by atoms with van der Waals surface area (Å²) >= 11 is 0. The van der Waals surface area contributed by atoms with Crippen LogP contribution in [0, 0.1) is 17.0 Å². The Morgan fingerprint density at radius 3 is 2.29 bits per heavy atom. The van der Waals surface area contributed by atoms with Gasteiger partial charge in [-0.1, -0.05) is 6.07 Å². The molecule has 1 aromatic carbocycles. The molecule has 0 unspecified atom stereocenters. The van der Waals surface area contributed by atoms with E-state index in [0.29, 0.717) is 5.82 Å². The number of hydrogen-bond acceptors (Lipinski definition) is 7. The molecule has 0 aliphatic heterocycles. The fourth-order valence-corrected chi connectivity index (χ4v) is 1.50. The van der Waals surface area contributed by atoms with E-state index in [1.807, 2.05) is 0 Å². The van der Waals surface area contributed by atoms with Gasteiger partial charge in [-0.25, -0.2) is 9.55 Å². The molecule has 9 nitrogen and oxygen atoms in total. The van der Waals surface area contributed by atoms with Crippen molar-refractivity contribution in [3.8, 4) is 17.2 Å². The lowest BCUT2D eigenvalue weighted by molar-refractivity contribution is -0.392. The predicted octanol–water partition coefficient (Wildman–Crippen LogP) is 0.895. The number of benzene rings is 1. The molecule has 2 rings (SSSR count). The number of aromatic nitrogens is 2. The first-order chi connectivity index (χ1) is 9.88. The molecule has 21 heavy (non-hydrogen) atoms. The Balaban J connectivity index is 0.000000219.